The molecule has 26 heavy (non-hydrogen) atoms. The van der Waals surface area contributed by atoms with Crippen LogP contribution in [0.25, 0.3) is 0 Å². The number of hydrogen-bond acceptors (Lipinski definition) is 4. The maximum absolute atomic E-state index is 13.1. The molecule has 6 nitrogen and oxygen atoms in total. The summed E-state index contributed by atoms with van der Waals surface area (Å²) < 4.78 is 29.0. The van der Waals surface area contributed by atoms with Gasteiger partial charge in [0.05, 0.1) is 11.4 Å². The van der Waals surface area contributed by atoms with Crippen molar-refractivity contribution >= 4 is 15.9 Å². The fraction of sp³-hybridized carbons (Fsp3) is 0.474. The van der Waals surface area contributed by atoms with Gasteiger partial charge in [-0.1, -0.05) is 25.1 Å². The van der Waals surface area contributed by atoms with Crippen molar-refractivity contribution < 1.29 is 13.2 Å². The van der Waals surface area contributed by atoms with Crippen LogP contribution in [0.2, 0.25) is 0 Å². The maximum atomic E-state index is 13.1. The molecule has 7 heteroatoms. The molecule has 140 valence electrons. The molecule has 1 fully saturated rings. The van der Waals surface area contributed by atoms with E-state index in [1.165, 1.54) is 8.99 Å². The first kappa shape index (κ1) is 18.8. The number of carbonyl (C=O) groups excluding carboxylic acids is 1. The maximum Gasteiger partial charge on any atom is 0.278 e. The summed E-state index contributed by atoms with van der Waals surface area (Å²) in [6.45, 7) is 8.31. The Labute approximate surface area is 154 Å². The Balaban J connectivity index is 2.01. The molecular formula is C19H25N3O3S. The molecule has 0 bridgehead atoms. The number of benzene rings is 1. The van der Waals surface area contributed by atoms with Gasteiger partial charge in [-0.05, 0) is 51.2 Å². The Hall–Kier alpha value is -1.99. The minimum atomic E-state index is -3.65. The lowest BCUT2D eigenvalue weighted by atomic mass is 10.0. The van der Waals surface area contributed by atoms with Gasteiger partial charge in [0.25, 0.3) is 5.91 Å². The van der Waals surface area contributed by atoms with E-state index >= 15 is 0 Å². The molecule has 1 saturated heterocycles. The molecule has 0 amide bonds. The monoisotopic (exact) mass is 375 g/mol. The third kappa shape index (κ3) is 3.21. The normalized spacial score (nSPS) is 16.8. The Kier molecular flexibility index (Phi) is 5.03. The van der Waals surface area contributed by atoms with Crippen molar-refractivity contribution in [3.63, 3.8) is 0 Å². The summed E-state index contributed by atoms with van der Waals surface area (Å²) in [6, 6.07) is 7.23. The number of sulfonamides is 1. The number of piperidine rings is 1. The van der Waals surface area contributed by atoms with E-state index in [0.717, 1.165) is 18.4 Å². The third-order valence-corrected chi connectivity index (χ3v) is 7.28. The lowest BCUT2D eigenvalue weighted by molar-refractivity contribution is 0.0941. The summed E-state index contributed by atoms with van der Waals surface area (Å²) in [5.74, 6) is 0.228. The molecule has 2 aromatic rings. The molecule has 2 heterocycles. The van der Waals surface area contributed by atoms with E-state index in [1.54, 1.807) is 26.0 Å². The molecule has 0 aliphatic carbocycles. The quantitative estimate of drug-likeness (QED) is 0.827. The van der Waals surface area contributed by atoms with Gasteiger partial charge >= 0.3 is 0 Å². The van der Waals surface area contributed by atoms with Gasteiger partial charge in [-0.3, -0.25) is 4.79 Å². The highest BCUT2D eigenvalue weighted by Gasteiger charge is 2.34. The predicted octanol–water partition coefficient (Wildman–Crippen LogP) is 2.92. The minimum absolute atomic E-state index is 0.161. The van der Waals surface area contributed by atoms with Gasteiger partial charge in [-0.25, -0.2) is 8.42 Å². The molecule has 1 aromatic carbocycles. The van der Waals surface area contributed by atoms with Gasteiger partial charge < -0.3 is 0 Å². The Bertz CT molecular complexity index is 939. The average molecular weight is 375 g/mol. The van der Waals surface area contributed by atoms with E-state index in [1.807, 2.05) is 19.1 Å². The summed E-state index contributed by atoms with van der Waals surface area (Å²) >= 11 is 0. The third-order valence-electron chi connectivity index (χ3n) is 5.13. The number of rotatable bonds is 3. The van der Waals surface area contributed by atoms with Crippen LogP contribution in [0.15, 0.2) is 29.2 Å². The fourth-order valence-corrected chi connectivity index (χ4v) is 5.30. The predicted molar refractivity (Wildman–Crippen MR) is 99.8 cm³/mol. The van der Waals surface area contributed by atoms with Gasteiger partial charge in [-0.2, -0.15) is 14.1 Å². The van der Waals surface area contributed by atoms with Crippen LogP contribution in [0, 0.1) is 26.7 Å². The number of carbonyl (C=O) groups is 1. The van der Waals surface area contributed by atoms with E-state index in [4.69, 9.17) is 0 Å². The smallest absolute Gasteiger partial charge is 0.267 e. The molecule has 0 radical (unpaired) electrons. The van der Waals surface area contributed by atoms with Crippen LogP contribution in [-0.4, -0.2) is 41.5 Å². The second kappa shape index (κ2) is 6.96. The summed E-state index contributed by atoms with van der Waals surface area (Å²) in [7, 11) is -3.65. The molecule has 3 rings (SSSR count). The van der Waals surface area contributed by atoms with Crippen molar-refractivity contribution in [1.29, 1.82) is 0 Å². The highest BCUT2D eigenvalue weighted by atomic mass is 32.2. The molecule has 0 atom stereocenters. The second-order valence-corrected chi connectivity index (χ2v) is 8.99. The second-order valence-electron chi connectivity index (χ2n) is 7.12. The Morgan fingerprint density at radius 1 is 1.12 bits per heavy atom. The molecule has 0 saturated carbocycles. The molecule has 1 aromatic heterocycles. The fourth-order valence-electron chi connectivity index (χ4n) is 3.48. The lowest BCUT2D eigenvalue weighted by Crippen LogP contribution is -2.38. The van der Waals surface area contributed by atoms with Crippen molar-refractivity contribution in [2.75, 3.05) is 13.1 Å². The van der Waals surface area contributed by atoms with E-state index in [0.29, 0.717) is 36.0 Å². The van der Waals surface area contributed by atoms with Crippen molar-refractivity contribution in [3.05, 3.63) is 46.8 Å². The van der Waals surface area contributed by atoms with Crippen LogP contribution in [0.4, 0.5) is 0 Å². The van der Waals surface area contributed by atoms with Crippen LogP contribution in [-0.2, 0) is 10.0 Å². The van der Waals surface area contributed by atoms with Crippen LogP contribution in [0.3, 0.4) is 0 Å². The summed E-state index contributed by atoms with van der Waals surface area (Å²) in [4.78, 5) is 13.1. The van der Waals surface area contributed by atoms with E-state index in [2.05, 4.69) is 12.0 Å². The highest BCUT2D eigenvalue weighted by Crippen LogP contribution is 2.28. The minimum Gasteiger partial charge on any atom is -0.267 e. The standard InChI is InChI=1S/C19H25N3O3S/c1-13-9-11-21(12-10-13)26(24,25)18-15(3)20-22(16(18)4)19(23)17-8-6-5-7-14(17)2/h5-8,13H,9-12H2,1-4H3. The summed E-state index contributed by atoms with van der Waals surface area (Å²) in [5, 5.41) is 4.26. The first-order valence-corrected chi connectivity index (χ1v) is 10.3. The van der Waals surface area contributed by atoms with Crippen LogP contribution >= 0.6 is 0 Å². The van der Waals surface area contributed by atoms with Crippen LogP contribution < -0.4 is 0 Å². The molecule has 0 N–H and O–H groups in total. The van der Waals surface area contributed by atoms with Gasteiger partial charge in [-0.15, -0.1) is 0 Å². The topological polar surface area (TPSA) is 72.3 Å². The van der Waals surface area contributed by atoms with Crippen molar-refractivity contribution in [2.24, 2.45) is 5.92 Å². The molecule has 0 unspecified atom stereocenters. The molecule has 1 aliphatic rings. The zero-order chi connectivity index (χ0) is 19.1. The number of nitrogens with zero attached hydrogens (tertiary/aromatic N) is 3. The zero-order valence-electron chi connectivity index (χ0n) is 15.7. The molecular weight excluding hydrogens is 350 g/mol. The van der Waals surface area contributed by atoms with Crippen LogP contribution in [0.1, 0.15) is 47.1 Å². The SMILES string of the molecule is Cc1ccccc1C(=O)n1nc(C)c(S(=O)(=O)N2CCC(C)CC2)c1C. The van der Waals surface area contributed by atoms with Crippen molar-refractivity contribution in [2.45, 2.75) is 45.4 Å². The Morgan fingerprint density at radius 3 is 2.35 bits per heavy atom. The number of hydrogen-bond donors (Lipinski definition) is 0. The van der Waals surface area contributed by atoms with Crippen LogP contribution in [0.5, 0.6) is 0 Å². The van der Waals surface area contributed by atoms with E-state index < -0.39 is 10.0 Å². The highest BCUT2D eigenvalue weighted by molar-refractivity contribution is 7.89. The van der Waals surface area contributed by atoms with E-state index in [-0.39, 0.29) is 10.8 Å². The first-order valence-electron chi connectivity index (χ1n) is 8.90. The summed E-state index contributed by atoms with van der Waals surface area (Å²) in [6.07, 6.45) is 1.71. The van der Waals surface area contributed by atoms with Crippen molar-refractivity contribution in [3.8, 4) is 0 Å². The zero-order valence-corrected chi connectivity index (χ0v) is 16.5. The lowest BCUT2D eigenvalue weighted by Gasteiger charge is -2.29. The van der Waals surface area contributed by atoms with Gasteiger partial charge in [0, 0.05) is 18.7 Å². The first-order chi connectivity index (χ1) is 12.2. The van der Waals surface area contributed by atoms with Crippen molar-refractivity contribution in [1.82, 2.24) is 14.1 Å². The van der Waals surface area contributed by atoms with E-state index in [9.17, 15) is 13.2 Å². The average Bonchev–Trinajstić information content (AvgIpc) is 2.90. The largest absolute Gasteiger partial charge is 0.278 e. The number of aromatic nitrogens is 2. The molecule has 0 spiro atoms. The Morgan fingerprint density at radius 2 is 1.73 bits per heavy atom. The van der Waals surface area contributed by atoms with Gasteiger partial charge in [0.2, 0.25) is 10.0 Å². The van der Waals surface area contributed by atoms with Gasteiger partial charge in [0.15, 0.2) is 0 Å². The molecule has 1 aliphatic heterocycles. The number of aryl methyl sites for hydroxylation is 2. The summed E-state index contributed by atoms with van der Waals surface area (Å²) in [5.41, 5.74) is 2.09. The van der Waals surface area contributed by atoms with Gasteiger partial charge in [0.1, 0.15) is 4.90 Å².